The van der Waals surface area contributed by atoms with E-state index >= 15 is 0 Å². The number of aromatic nitrogens is 1. The van der Waals surface area contributed by atoms with Crippen molar-refractivity contribution in [3.05, 3.63) is 64.7 Å². The molecule has 0 aliphatic heterocycles. The summed E-state index contributed by atoms with van der Waals surface area (Å²) in [5.41, 5.74) is 6.50. The zero-order chi connectivity index (χ0) is 15.9. The molecule has 0 bridgehead atoms. The maximum Gasteiger partial charge on any atom is 0.253 e. The van der Waals surface area contributed by atoms with Crippen molar-refractivity contribution in [2.75, 3.05) is 0 Å². The van der Waals surface area contributed by atoms with Crippen molar-refractivity contribution < 1.29 is 4.79 Å². The minimum atomic E-state index is -0.455. The molecule has 0 radical (unpaired) electrons. The number of hydrogen-bond donors (Lipinski definition) is 0. The second-order valence-corrected chi connectivity index (χ2v) is 5.96. The van der Waals surface area contributed by atoms with Crippen LogP contribution in [0.15, 0.2) is 42.5 Å². The van der Waals surface area contributed by atoms with Crippen LogP contribution in [0, 0.1) is 20.8 Å². The molecule has 0 atom stereocenters. The lowest BCUT2D eigenvalue weighted by Crippen LogP contribution is -1.98. The van der Waals surface area contributed by atoms with Crippen molar-refractivity contribution in [3.8, 4) is 11.3 Å². The van der Waals surface area contributed by atoms with Crippen LogP contribution >= 0.6 is 11.6 Å². The highest BCUT2D eigenvalue weighted by atomic mass is 35.5. The lowest BCUT2D eigenvalue weighted by atomic mass is 9.99. The first-order chi connectivity index (χ1) is 10.5. The molecule has 3 heteroatoms. The summed E-state index contributed by atoms with van der Waals surface area (Å²) in [6.45, 7) is 6.10. The van der Waals surface area contributed by atoms with Crippen molar-refractivity contribution in [1.29, 1.82) is 0 Å². The van der Waals surface area contributed by atoms with E-state index in [0.29, 0.717) is 5.56 Å². The van der Waals surface area contributed by atoms with Crippen LogP contribution in [-0.4, -0.2) is 10.2 Å². The first-order valence-electron chi connectivity index (χ1n) is 7.15. The van der Waals surface area contributed by atoms with Crippen LogP contribution in [0.3, 0.4) is 0 Å². The number of pyridine rings is 1. The molecule has 22 heavy (non-hydrogen) atoms. The van der Waals surface area contributed by atoms with E-state index in [4.69, 9.17) is 16.6 Å². The largest absolute Gasteiger partial charge is 0.276 e. The standard InChI is InChI=1S/C19H16ClNO/c1-11-7-8-14(13(3)9-11)17-10-16(19(20)22)15-6-4-5-12(2)18(15)21-17/h4-10H,1-3H3. The molecular formula is C19H16ClNO. The fourth-order valence-electron chi connectivity index (χ4n) is 2.79. The van der Waals surface area contributed by atoms with Gasteiger partial charge in [0.2, 0.25) is 0 Å². The molecule has 0 aliphatic rings. The molecule has 1 heterocycles. The minimum absolute atomic E-state index is 0.455. The maximum atomic E-state index is 11.8. The van der Waals surface area contributed by atoms with Gasteiger partial charge in [0, 0.05) is 16.5 Å². The molecule has 0 aliphatic carbocycles. The second kappa shape index (κ2) is 5.54. The molecule has 1 aromatic heterocycles. The Bertz CT molecular complexity index is 899. The average Bonchev–Trinajstić information content (AvgIpc) is 2.47. The van der Waals surface area contributed by atoms with Crippen LogP contribution in [-0.2, 0) is 0 Å². The van der Waals surface area contributed by atoms with Gasteiger partial charge in [0.1, 0.15) is 0 Å². The van der Waals surface area contributed by atoms with E-state index in [2.05, 4.69) is 13.0 Å². The molecule has 0 fully saturated rings. The number of fused-ring (bicyclic) bond motifs is 1. The number of rotatable bonds is 2. The van der Waals surface area contributed by atoms with Gasteiger partial charge in [0.05, 0.1) is 11.2 Å². The Morgan fingerprint density at radius 2 is 1.77 bits per heavy atom. The van der Waals surface area contributed by atoms with E-state index in [9.17, 15) is 4.79 Å². The topological polar surface area (TPSA) is 30.0 Å². The Balaban J connectivity index is 2.36. The van der Waals surface area contributed by atoms with Gasteiger partial charge in [-0.1, -0.05) is 42.0 Å². The molecular weight excluding hydrogens is 294 g/mol. The third kappa shape index (κ3) is 2.51. The third-order valence-electron chi connectivity index (χ3n) is 3.91. The van der Waals surface area contributed by atoms with E-state index in [-0.39, 0.29) is 0 Å². The number of benzene rings is 2. The Morgan fingerprint density at radius 1 is 1.00 bits per heavy atom. The lowest BCUT2D eigenvalue weighted by Gasteiger charge is -2.11. The zero-order valence-electron chi connectivity index (χ0n) is 12.8. The fraction of sp³-hybridized carbons (Fsp3) is 0.158. The molecule has 3 rings (SSSR count). The number of carbonyl (C=O) groups is 1. The second-order valence-electron chi connectivity index (χ2n) is 5.62. The maximum absolute atomic E-state index is 11.8. The number of hydrogen-bond acceptors (Lipinski definition) is 2. The van der Waals surface area contributed by atoms with Gasteiger partial charge in [-0.3, -0.25) is 4.79 Å². The van der Waals surface area contributed by atoms with Crippen molar-refractivity contribution >= 4 is 27.7 Å². The Hall–Kier alpha value is -2.19. The smallest absolute Gasteiger partial charge is 0.253 e. The number of nitrogens with zero attached hydrogens (tertiary/aromatic N) is 1. The van der Waals surface area contributed by atoms with Crippen LogP contribution < -0.4 is 0 Å². The van der Waals surface area contributed by atoms with E-state index in [1.54, 1.807) is 6.07 Å². The Morgan fingerprint density at radius 3 is 2.45 bits per heavy atom. The van der Waals surface area contributed by atoms with Gasteiger partial charge in [-0.05, 0) is 49.6 Å². The fourth-order valence-corrected chi connectivity index (χ4v) is 2.95. The molecule has 3 aromatic rings. The highest BCUT2D eigenvalue weighted by Crippen LogP contribution is 2.29. The molecule has 0 saturated carbocycles. The molecule has 0 spiro atoms. The first kappa shape index (κ1) is 14.7. The predicted octanol–water partition coefficient (Wildman–Crippen LogP) is 5.21. The number of halogens is 1. The zero-order valence-corrected chi connectivity index (χ0v) is 13.5. The molecule has 2 nitrogen and oxygen atoms in total. The molecule has 0 saturated heterocycles. The summed E-state index contributed by atoms with van der Waals surface area (Å²) < 4.78 is 0. The van der Waals surface area contributed by atoms with Crippen molar-refractivity contribution in [2.45, 2.75) is 20.8 Å². The Kier molecular flexibility index (Phi) is 3.71. The highest BCUT2D eigenvalue weighted by Gasteiger charge is 2.14. The number of para-hydroxylation sites is 1. The van der Waals surface area contributed by atoms with E-state index in [0.717, 1.165) is 33.3 Å². The van der Waals surface area contributed by atoms with Crippen molar-refractivity contribution in [1.82, 2.24) is 4.98 Å². The highest BCUT2D eigenvalue weighted by molar-refractivity contribution is 6.68. The summed E-state index contributed by atoms with van der Waals surface area (Å²) in [4.78, 5) is 16.6. The summed E-state index contributed by atoms with van der Waals surface area (Å²) in [5, 5.41) is 0.345. The molecule has 0 unspecified atom stereocenters. The van der Waals surface area contributed by atoms with Gasteiger partial charge in [-0.2, -0.15) is 0 Å². The predicted molar refractivity (Wildman–Crippen MR) is 91.6 cm³/mol. The molecule has 0 N–H and O–H groups in total. The van der Waals surface area contributed by atoms with Gasteiger partial charge >= 0.3 is 0 Å². The summed E-state index contributed by atoms with van der Waals surface area (Å²) in [6.07, 6.45) is 0. The third-order valence-corrected chi connectivity index (χ3v) is 4.11. The first-order valence-corrected chi connectivity index (χ1v) is 7.53. The molecule has 0 amide bonds. The van der Waals surface area contributed by atoms with Gasteiger partial charge in [0.15, 0.2) is 0 Å². The average molecular weight is 310 g/mol. The SMILES string of the molecule is Cc1ccc(-c2cc(C(=O)Cl)c3cccc(C)c3n2)c(C)c1. The van der Waals surface area contributed by atoms with Crippen LogP contribution in [0.4, 0.5) is 0 Å². The summed E-state index contributed by atoms with van der Waals surface area (Å²) in [7, 11) is 0. The van der Waals surface area contributed by atoms with Crippen LogP contribution in [0.1, 0.15) is 27.0 Å². The normalized spacial score (nSPS) is 10.9. The van der Waals surface area contributed by atoms with Crippen molar-refractivity contribution in [2.24, 2.45) is 0 Å². The monoisotopic (exact) mass is 309 g/mol. The van der Waals surface area contributed by atoms with Gasteiger partial charge in [-0.15, -0.1) is 0 Å². The van der Waals surface area contributed by atoms with E-state index in [1.165, 1.54) is 5.56 Å². The van der Waals surface area contributed by atoms with Crippen LogP contribution in [0.25, 0.3) is 22.2 Å². The summed E-state index contributed by atoms with van der Waals surface area (Å²) in [6, 6.07) is 13.8. The molecule has 2 aromatic carbocycles. The van der Waals surface area contributed by atoms with Crippen LogP contribution in [0.2, 0.25) is 0 Å². The lowest BCUT2D eigenvalue weighted by molar-refractivity contribution is 0.108. The minimum Gasteiger partial charge on any atom is -0.276 e. The van der Waals surface area contributed by atoms with E-state index in [1.807, 2.05) is 44.2 Å². The van der Waals surface area contributed by atoms with Gasteiger partial charge < -0.3 is 0 Å². The van der Waals surface area contributed by atoms with Gasteiger partial charge in [0.25, 0.3) is 5.24 Å². The Labute approximate surface area is 134 Å². The summed E-state index contributed by atoms with van der Waals surface area (Å²) >= 11 is 5.79. The van der Waals surface area contributed by atoms with Gasteiger partial charge in [-0.25, -0.2) is 4.98 Å². The quantitative estimate of drug-likeness (QED) is 0.608. The van der Waals surface area contributed by atoms with Crippen molar-refractivity contribution in [3.63, 3.8) is 0 Å². The van der Waals surface area contributed by atoms with Crippen LogP contribution in [0.5, 0.6) is 0 Å². The number of carbonyl (C=O) groups excluding carboxylic acids is 1. The molecule has 110 valence electrons. The van der Waals surface area contributed by atoms with E-state index < -0.39 is 5.24 Å². The summed E-state index contributed by atoms with van der Waals surface area (Å²) in [5.74, 6) is 0. The number of aryl methyl sites for hydroxylation is 3.